The third kappa shape index (κ3) is 4.84. The molecule has 0 fully saturated rings. The van der Waals surface area contributed by atoms with E-state index in [-0.39, 0.29) is 16.2 Å². The first-order valence-corrected chi connectivity index (χ1v) is 11.3. The van der Waals surface area contributed by atoms with Gasteiger partial charge in [0.25, 0.3) is 10.0 Å². The maximum Gasteiger partial charge on any atom is 0.335 e. The lowest BCUT2D eigenvalue weighted by Crippen LogP contribution is -2.37. The number of sulfonamides is 1. The van der Waals surface area contributed by atoms with Crippen LogP contribution in [0.3, 0.4) is 0 Å². The van der Waals surface area contributed by atoms with Gasteiger partial charge in [-0.25, -0.2) is 13.2 Å². The van der Waals surface area contributed by atoms with Gasteiger partial charge < -0.3 is 9.84 Å². The first kappa shape index (κ1) is 22.7. The van der Waals surface area contributed by atoms with Crippen molar-refractivity contribution >= 4 is 33.3 Å². The van der Waals surface area contributed by atoms with Crippen LogP contribution >= 0.6 is 11.6 Å². The van der Waals surface area contributed by atoms with Crippen molar-refractivity contribution in [3.05, 3.63) is 82.9 Å². The Morgan fingerprint density at radius 1 is 1.00 bits per heavy atom. The number of anilines is 1. The van der Waals surface area contributed by atoms with Gasteiger partial charge in [-0.15, -0.1) is 0 Å². The fraction of sp³-hybridized carbons (Fsp3) is 0.174. The maximum absolute atomic E-state index is 13.4. The number of rotatable bonds is 7. The molecule has 6 nitrogen and oxygen atoms in total. The largest absolute Gasteiger partial charge is 0.478 e. The number of carboxylic acids is 1. The summed E-state index contributed by atoms with van der Waals surface area (Å²) >= 11 is 6.18. The molecule has 0 unspecified atom stereocenters. The van der Waals surface area contributed by atoms with Crippen molar-refractivity contribution in [2.45, 2.75) is 31.7 Å². The summed E-state index contributed by atoms with van der Waals surface area (Å²) < 4.78 is 34.2. The highest BCUT2D eigenvalue weighted by molar-refractivity contribution is 7.92. The van der Waals surface area contributed by atoms with Crippen LogP contribution in [-0.4, -0.2) is 25.5 Å². The van der Waals surface area contributed by atoms with Crippen molar-refractivity contribution in [3.8, 4) is 11.5 Å². The van der Waals surface area contributed by atoms with Crippen molar-refractivity contribution in [2.75, 3.05) is 4.31 Å². The SMILES string of the molecule is Cc1cc(C(=O)O)ccc1Oc1cc(Cl)ccc1N(C(C)C)S(=O)(=O)c1ccccc1. The van der Waals surface area contributed by atoms with Crippen LogP contribution in [0.2, 0.25) is 5.02 Å². The number of hydrogen-bond donors (Lipinski definition) is 1. The van der Waals surface area contributed by atoms with Gasteiger partial charge in [0, 0.05) is 17.1 Å². The predicted molar refractivity (Wildman–Crippen MR) is 121 cm³/mol. The number of ether oxygens (including phenoxy) is 1. The molecule has 0 aliphatic carbocycles. The van der Waals surface area contributed by atoms with Crippen molar-refractivity contribution in [2.24, 2.45) is 0 Å². The molecule has 0 spiro atoms. The Bertz CT molecular complexity index is 1210. The average molecular weight is 460 g/mol. The smallest absolute Gasteiger partial charge is 0.335 e. The molecule has 0 aliphatic heterocycles. The van der Waals surface area contributed by atoms with E-state index in [9.17, 15) is 18.3 Å². The average Bonchev–Trinajstić information content (AvgIpc) is 2.71. The summed E-state index contributed by atoms with van der Waals surface area (Å²) in [7, 11) is -3.88. The van der Waals surface area contributed by atoms with E-state index in [1.165, 1.54) is 40.7 Å². The van der Waals surface area contributed by atoms with Crippen LogP contribution < -0.4 is 9.04 Å². The zero-order chi connectivity index (χ0) is 22.8. The van der Waals surface area contributed by atoms with Gasteiger partial charge in [-0.3, -0.25) is 4.31 Å². The van der Waals surface area contributed by atoms with E-state index in [1.54, 1.807) is 51.1 Å². The predicted octanol–water partition coefficient (Wildman–Crippen LogP) is 5.74. The summed E-state index contributed by atoms with van der Waals surface area (Å²) in [4.78, 5) is 11.4. The quantitative estimate of drug-likeness (QED) is 0.486. The number of halogens is 1. The molecule has 0 amide bonds. The molecule has 1 N–H and O–H groups in total. The molecule has 0 saturated heterocycles. The fourth-order valence-electron chi connectivity index (χ4n) is 3.16. The lowest BCUT2D eigenvalue weighted by atomic mass is 10.1. The lowest BCUT2D eigenvalue weighted by Gasteiger charge is -2.30. The van der Waals surface area contributed by atoms with Crippen LogP contribution in [0.15, 0.2) is 71.6 Å². The molecule has 3 aromatic rings. The number of carbonyl (C=O) groups is 1. The highest BCUT2D eigenvalue weighted by Crippen LogP contribution is 2.39. The minimum atomic E-state index is -3.88. The second-order valence-corrected chi connectivity index (χ2v) is 9.46. The minimum Gasteiger partial charge on any atom is -0.478 e. The normalized spacial score (nSPS) is 11.4. The molecule has 0 atom stereocenters. The molecule has 31 heavy (non-hydrogen) atoms. The standard InChI is InChI=1S/C23H22ClNO5S/c1-15(2)25(31(28,29)19-7-5-4-6-8-19)20-11-10-18(24)14-22(20)30-21-12-9-17(23(26)27)13-16(21)3/h4-15H,1-3H3,(H,26,27). The minimum absolute atomic E-state index is 0.131. The van der Waals surface area contributed by atoms with E-state index in [2.05, 4.69) is 0 Å². The lowest BCUT2D eigenvalue weighted by molar-refractivity contribution is 0.0696. The molecule has 162 valence electrons. The Hall–Kier alpha value is -3.03. The van der Waals surface area contributed by atoms with Gasteiger partial charge in [0.2, 0.25) is 0 Å². The third-order valence-electron chi connectivity index (χ3n) is 4.57. The molecule has 3 rings (SSSR count). The van der Waals surface area contributed by atoms with Crippen LogP contribution in [0.4, 0.5) is 5.69 Å². The fourth-order valence-corrected chi connectivity index (χ4v) is 5.01. The number of nitrogens with zero attached hydrogens (tertiary/aromatic N) is 1. The van der Waals surface area contributed by atoms with E-state index < -0.39 is 22.0 Å². The molecule has 3 aromatic carbocycles. The molecule has 0 bridgehead atoms. The first-order chi connectivity index (χ1) is 14.6. The van der Waals surface area contributed by atoms with Gasteiger partial charge >= 0.3 is 5.97 Å². The molecular formula is C23H22ClNO5S. The molecule has 0 aliphatic rings. The van der Waals surface area contributed by atoms with E-state index in [0.29, 0.717) is 22.0 Å². The van der Waals surface area contributed by atoms with Crippen molar-refractivity contribution in [3.63, 3.8) is 0 Å². The molecule has 0 saturated carbocycles. The molecule has 0 radical (unpaired) electrons. The molecule has 8 heteroatoms. The summed E-state index contributed by atoms with van der Waals surface area (Å²) in [6.07, 6.45) is 0. The van der Waals surface area contributed by atoms with Gasteiger partial charge in [-0.1, -0.05) is 29.8 Å². The number of hydrogen-bond acceptors (Lipinski definition) is 4. The van der Waals surface area contributed by atoms with E-state index in [0.717, 1.165) is 0 Å². The van der Waals surface area contributed by atoms with E-state index >= 15 is 0 Å². The topological polar surface area (TPSA) is 83.9 Å². The second-order valence-electron chi connectivity index (χ2n) is 7.21. The zero-order valence-corrected chi connectivity index (χ0v) is 18.8. The summed E-state index contributed by atoms with van der Waals surface area (Å²) in [5, 5.41) is 9.54. The zero-order valence-electron chi connectivity index (χ0n) is 17.2. The molecule has 0 aromatic heterocycles. The Morgan fingerprint density at radius 2 is 1.68 bits per heavy atom. The summed E-state index contributed by atoms with van der Waals surface area (Å²) in [6.45, 7) is 5.25. The Labute approximate surface area is 186 Å². The van der Waals surface area contributed by atoms with Crippen LogP contribution in [0.5, 0.6) is 11.5 Å². The van der Waals surface area contributed by atoms with E-state index in [1.807, 2.05) is 0 Å². The number of aromatic carboxylic acids is 1. The summed E-state index contributed by atoms with van der Waals surface area (Å²) in [6, 6.07) is 16.9. The molecular weight excluding hydrogens is 438 g/mol. The number of benzene rings is 3. The first-order valence-electron chi connectivity index (χ1n) is 9.52. The Kier molecular flexibility index (Phi) is 6.57. The van der Waals surface area contributed by atoms with Crippen molar-refractivity contribution in [1.29, 1.82) is 0 Å². The Balaban J connectivity index is 2.11. The molecule has 0 heterocycles. The monoisotopic (exact) mass is 459 g/mol. The Morgan fingerprint density at radius 3 is 2.26 bits per heavy atom. The maximum atomic E-state index is 13.4. The number of carboxylic acid groups (broad SMARTS) is 1. The second kappa shape index (κ2) is 8.99. The van der Waals surface area contributed by atoms with E-state index in [4.69, 9.17) is 16.3 Å². The van der Waals surface area contributed by atoms with Gasteiger partial charge in [-0.2, -0.15) is 0 Å². The van der Waals surface area contributed by atoms with Crippen molar-refractivity contribution < 1.29 is 23.1 Å². The highest BCUT2D eigenvalue weighted by atomic mass is 35.5. The van der Waals surface area contributed by atoms with Crippen molar-refractivity contribution in [1.82, 2.24) is 0 Å². The highest BCUT2D eigenvalue weighted by Gasteiger charge is 2.30. The van der Waals surface area contributed by atoms with Crippen LogP contribution in [0.25, 0.3) is 0 Å². The summed E-state index contributed by atoms with van der Waals surface area (Å²) in [5.41, 5.74) is 1.05. The summed E-state index contributed by atoms with van der Waals surface area (Å²) in [5.74, 6) is -0.403. The van der Waals surface area contributed by atoms with Crippen LogP contribution in [-0.2, 0) is 10.0 Å². The van der Waals surface area contributed by atoms with Gasteiger partial charge in [0.05, 0.1) is 16.1 Å². The van der Waals surface area contributed by atoms with Gasteiger partial charge in [0.15, 0.2) is 5.75 Å². The van der Waals surface area contributed by atoms with Crippen LogP contribution in [0, 0.1) is 6.92 Å². The number of aryl methyl sites for hydroxylation is 1. The van der Waals surface area contributed by atoms with Gasteiger partial charge in [-0.05, 0) is 68.8 Å². The van der Waals surface area contributed by atoms with Gasteiger partial charge in [0.1, 0.15) is 5.75 Å². The third-order valence-corrected chi connectivity index (χ3v) is 6.81. The van der Waals surface area contributed by atoms with Crippen LogP contribution in [0.1, 0.15) is 29.8 Å².